The molecule has 0 aliphatic carbocycles. The summed E-state index contributed by atoms with van der Waals surface area (Å²) < 4.78 is 8.13. The Bertz CT molecular complexity index is 1030. The number of piperazine rings is 1. The number of aliphatic imine (C=N–C) groups is 1. The maximum atomic E-state index is 11.4. The molecule has 2 aliphatic heterocycles. The standard InChI is InChI=1S/C23H25Br2N3O3/c1-23(2,22(29)30)7-8-27-9-11-28(12-10-27)21-17-13-15(24)3-5-19(17)31-20-6-4-16(25)14-18(20)26-21/h3-6,13-14H,7-12H2,1-2H3,(H,29,30). The van der Waals surface area contributed by atoms with Gasteiger partial charge in [-0.15, -0.1) is 0 Å². The minimum absolute atomic E-state index is 0.633. The molecular formula is C23H25Br2N3O3. The summed E-state index contributed by atoms with van der Waals surface area (Å²) >= 11 is 7.12. The number of aliphatic carboxylic acids is 1. The highest BCUT2D eigenvalue weighted by atomic mass is 79.9. The first-order valence-corrected chi connectivity index (χ1v) is 11.9. The van der Waals surface area contributed by atoms with Gasteiger partial charge in [-0.05, 0) is 63.2 Å². The topological polar surface area (TPSA) is 65.4 Å². The van der Waals surface area contributed by atoms with E-state index in [1.807, 2.05) is 30.3 Å². The van der Waals surface area contributed by atoms with Crippen molar-refractivity contribution in [2.75, 3.05) is 32.7 Å². The Morgan fingerprint density at radius 1 is 1.06 bits per heavy atom. The van der Waals surface area contributed by atoms with Gasteiger partial charge in [-0.3, -0.25) is 9.69 Å². The van der Waals surface area contributed by atoms with E-state index in [4.69, 9.17) is 9.73 Å². The number of halogens is 2. The van der Waals surface area contributed by atoms with Crippen LogP contribution in [0.25, 0.3) is 0 Å². The summed E-state index contributed by atoms with van der Waals surface area (Å²) in [6, 6.07) is 11.9. The van der Waals surface area contributed by atoms with Crippen molar-refractivity contribution in [2.45, 2.75) is 20.3 Å². The highest BCUT2D eigenvalue weighted by Gasteiger charge is 2.30. The lowest BCUT2D eigenvalue weighted by molar-refractivity contribution is -0.147. The molecule has 1 N–H and O–H groups in total. The highest BCUT2D eigenvalue weighted by molar-refractivity contribution is 9.10. The Balaban J connectivity index is 1.56. The molecule has 1 fully saturated rings. The molecule has 31 heavy (non-hydrogen) atoms. The number of rotatable bonds is 4. The van der Waals surface area contributed by atoms with Crippen molar-refractivity contribution in [3.63, 3.8) is 0 Å². The first-order valence-electron chi connectivity index (χ1n) is 10.3. The molecule has 1 saturated heterocycles. The highest BCUT2D eigenvalue weighted by Crippen LogP contribution is 2.40. The average Bonchev–Trinajstić information content (AvgIpc) is 2.89. The number of hydrogen-bond donors (Lipinski definition) is 1. The molecule has 0 saturated carbocycles. The molecule has 4 rings (SSSR count). The van der Waals surface area contributed by atoms with Gasteiger partial charge in [-0.2, -0.15) is 0 Å². The molecule has 0 unspecified atom stereocenters. The smallest absolute Gasteiger partial charge is 0.309 e. The number of fused-ring (bicyclic) bond motifs is 2. The van der Waals surface area contributed by atoms with E-state index in [-0.39, 0.29) is 0 Å². The van der Waals surface area contributed by atoms with Crippen molar-refractivity contribution in [2.24, 2.45) is 10.4 Å². The summed E-state index contributed by atoms with van der Waals surface area (Å²) in [5.41, 5.74) is 1.05. The van der Waals surface area contributed by atoms with E-state index >= 15 is 0 Å². The van der Waals surface area contributed by atoms with Crippen LogP contribution in [0, 0.1) is 5.41 Å². The van der Waals surface area contributed by atoms with E-state index in [1.165, 1.54) is 0 Å². The van der Waals surface area contributed by atoms with E-state index in [1.54, 1.807) is 13.8 Å². The number of amidine groups is 1. The van der Waals surface area contributed by atoms with Gasteiger partial charge in [0.15, 0.2) is 5.75 Å². The molecule has 0 bridgehead atoms. The zero-order valence-electron chi connectivity index (χ0n) is 17.6. The predicted octanol–water partition coefficient (Wildman–Crippen LogP) is 5.51. The fourth-order valence-electron chi connectivity index (χ4n) is 3.69. The van der Waals surface area contributed by atoms with Gasteiger partial charge in [0.2, 0.25) is 0 Å². The van der Waals surface area contributed by atoms with Gasteiger partial charge in [0, 0.05) is 35.1 Å². The molecule has 2 aliphatic rings. The Hall–Kier alpha value is -1.90. The summed E-state index contributed by atoms with van der Waals surface area (Å²) in [5, 5.41) is 9.36. The van der Waals surface area contributed by atoms with Crippen LogP contribution in [0.5, 0.6) is 11.5 Å². The lowest BCUT2D eigenvalue weighted by Crippen LogP contribution is -2.49. The summed E-state index contributed by atoms with van der Waals surface area (Å²) in [5.74, 6) is 1.68. The second-order valence-electron chi connectivity index (χ2n) is 8.56. The molecule has 0 aromatic heterocycles. The second-order valence-corrected chi connectivity index (χ2v) is 10.4. The lowest BCUT2D eigenvalue weighted by Gasteiger charge is -2.37. The van der Waals surface area contributed by atoms with Crippen molar-refractivity contribution in [3.05, 3.63) is 50.9 Å². The largest absolute Gasteiger partial charge is 0.481 e. The molecule has 2 heterocycles. The van der Waals surface area contributed by atoms with Crippen LogP contribution in [0.2, 0.25) is 0 Å². The summed E-state index contributed by atoms with van der Waals surface area (Å²) in [4.78, 5) is 21.0. The van der Waals surface area contributed by atoms with Crippen LogP contribution in [0.3, 0.4) is 0 Å². The van der Waals surface area contributed by atoms with Crippen molar-refractivity contribution in [1.29, 1.82) is 0 Å². The monoisotopic (exact) mass is 549 g/mol. The van der Waals surface area contributed by atoms with Crippen molar-refractivity contribution in [3.8, 4) is 11.5 Å². The van der Waals surface area contributed by atoms with Gasteiger partial charge >= 0.3 is 5.97 Å². The Morgan fingerprint density at radius 3 is 2.39 bits per heavy atom. The second kappa shape index (κ2) is 8.92. The van der Waals surface area contributed by atoms with E-state index in [0.29, 0.717) is 6.42 Å². The molecule has 0 radical (unpaired) electrons. The van der Waals surface area contributed by atoms with E-state index in [2.05, 4.69) is 47.7 Å². The van der Waals surface area contributed by atoms with Crippen molar-refractivity contribution < 1.29 is 14.6 Å². The minimum atomic E-state index is -0.744. The van der Waals surface area contributed by atoms with Crippen LogP contribution >= 0.6 is 31.9 Å². The summed E-state index contributed by atoms with van der Waals surface area (Å²) in [6.45, 7) is 7.73. The third-order valence-corrected chi connectivity index (χ3v) is 6.84. The zero-order chi connectivity index (χ0) is 22.2. The maximum Gasteiger partial charge on any atom is 0.309 e. The number of carboxylic acids is 1. The lowest BCUT2D eigenvalue weighted by atomic mass is 9.89. The number of nitrogens with zero attached hydrogens (tertiary/aromatic N) is 3. The normalized spacial score (nSPS) is 16.6. The molecule has 2 aromatic rings. The van der Waals surface area contributed by atoms with Crippen LogP contribution in [0.15, 0.2) is 50.3 Å². The van der Waals surface area contributed by atoms with Gasteiger partial charge in [0.25, 0.3) is 0 Å². The Kier molecular flexibility index (Phi) is 6.42. The SMILES string of the molecule is CC(C)(CCN1CCN(C2=Nc3cc(Br)ccc3Oc3ccc(Br)cc32)CC1)C(=O)O. The van der Waals surface area contributed by atoms with E-state index in [9.17, 15) is 9.90 Å². The fraction of sp³-hybridized carbons (Fsp3) is 0.391. The van der Waals surface area contributed by atoms with Gasteiger partial charge in [-0.25, -0.2) is 4.99 Å². The number of ether oxygens (including phenoxy) is 1. The van der Waals surface area contributed by atoms with Crippen LogP contribution in [0.1, 0.15) is 25.8 Å². The number of carboxylic acid groups (broad SMARTS) is 1. The predicted molar refractivity (Wildman–Crippen MR) is 129 cm³/mol. The van der Waals surface area contributed by atoms with Gasteiger partial charge in [-0.1, -0.05) is 31.9 Å². The van der Waals surface area contributed by atoms with Crippen molar-refractivity contribution >= 4 is 49.4 Å². The van der Waals surface area contributed by atoms with Crippen LogP contribution < -0.4 is 4.74 Å². The quantitative estimate of drug-likeness (QED) is 0.543. The summed E-state index contributed by atoms with van der Waals surface area (Å²) in [6.07, 6.45) is 0.633. The average molecular weight is 551 g/mol. The van der Waals surface area contributed by atoms with E-state index < -0.39 is 11.4 Å². The van der Waals surface area contributed by atoms with Crippen LogP contribution in [0.4, 0.5) is 5.69 Å². The number of benzene rings is 2. The molecule has 6 nitrogen and oxygen atoms in total. The molecule has 2 aromatic carbocycles. The summed E-state index contributed by atoms with van der Waals surface area (Å²) in [7, 11) is 0. The molecule has 8 heteroatoms. The Morgan fingerprint density at radius 2 is 1.71 bits per heavy atom. The third-order valence-electron chi connectivity index (χ3n) is 5.85. The number of hydrogen-bond acceptors (Lipinski definition) is 5. The minimum Gasteiger partial charge on any atom is -0.481 e. The first-order chi connectivity index (χ1) is 14.7. The molecule has 0 amide bonds. The zero-order valence-corrected chi connectivity index (χ0v) is 20.7. The molecule has 164 valence electrons. The van der Waals surface area contributed by atoms with Crippen molar-refractivity contribution in [1.82, 2.24) is 9.80 Å². The molecular weight excluding hydrogens is 526 g/mol. The van der Waals surface area contributed by atoms with Gasteiger partial charge < -0.3 is 14.7 Å². The first kappa shape index (κ1) is 22.3. The molecule has 0 atom stereocenters. The van der Waals surface area contributed by atoms with Crippen LogP contribution in [-0.2, 0) is 4.79 Å². The maximum absolute atomic E-state index is 11.4. The Labute approximate surface area is 199 Å². The fourth-order valence-corrected chi connectivity index (χ4v) is 4.40. The van der Waals surface area contributed by atoms with Gasteiger partial charge in [0.05, 0.1) is 11.0 Å². The van der Waals surface area contributed by atoms with Crippen LogP contribution in [-0.4, -0.2) is 59.4 Å². The number of carbonyl (C=O) groups is 1. The van der Waals surface area contributed by atoms with E-state index in [0.717, 1.165) is 70.3 Å². The van der Waals surface area contributed by atoms with Gasteiger partial charge in [0.1, 0.15) is 17.3 Å². The third kappa shape index (κ3) is 4.96. The molecule has 0 spiro atoms.